The molecule has 0 aliphatic carbocycles. The number of hydrogen-bond acceptors (Lipinski definition) is 4. The summed E-state index contributed by atoms with van der Waals surface area (Å²) in [6.45, 7) is 2.65. The molecule has 106 valence electrons. The van der Waals surface area contributed by atoms with Gasteiger partial charge in [-0.05, 0) is 13.3 Å². The van der Waals surface area contributed by atoms with E-state index in [9.17, 15) is 4.79 Å². The fourth-order valence-electron chi connectivity index (χ4n) is 1.75. The minimum absolute atomic E-state index is 0.0563. The lowest BCUT2D eigenvalue weighted by molar-refractivity contribution is -0.120. The van der Waals surface area contributed by atoms with Crippen molar-refractivity contribution in [3.8, 4) is 10.6 Å². The second kappa shape index (κ2) is 7.17. The number of benzene rings is 1. The predicted molar refractivity (Wildman–Crippen MR) is 80.7 cm³/mol. The summed E-state index contributed by atoms with van der Waals surface area (Å²) in [4.78, 5) is 16.1. The van der Waals surface area contributed by atoms with Crippen LogP contribution in [-0.2, 0) is 11.2 Å². The molecule has 5 heteroatoms. The summed E-state index contributed by atoms with van der Waals surface area (Å²) < 4.78 is 0. The topological polar surface area (TPSA) is 62.2 Å². The summed E-state index contributed by atoms with van der Waals surface area (Å²) in [6.07, 6.45) is 0.866. The first-order valence-corrected chi connectivity index (χ1v) is 7.46. The number of aryl methyl sites for hydroxylation is 1. The van der Waals surface area contributed by atoms with Gasteiger partial charge < -0.3 is 10.4 Å². The molecular weight excluding hydrogens is 272 g/mol. The zero-order chi connectivity index (χ0) is 14.4. The number of nitrogens with zero attached hydrogens (tertiary/aromatic N) is 1. The molecule has 0 bridgehead atoms. The molecule has 0 aliphatic rings. The molecule has 4 nitrogen and oxygen atoms in total. The van der Waals surface area contributed by atoms with Crippen molar-refractivity contribution in [2.75, 3.05) is 13.2 Å². The summed E-state index contributed by atoms with van der Waals surface area (Å²) in [6, 6.07) is 8.19. The monoisotopic (exact) mass is 290 g/mol. The molecule has 0 saturated heterocycles. The van der Waals surface area contributed by atoms with E-state index in [-0.39, 0.29) is 18.9 Å². The van der Waals surface area contributed by atoms with E-state index in [1.54, 1.807) is 11.3 Å². The number of rotatable bonds is 6. The lowest BCUT2D eigenvalue weighted by Crippen LogP contribution is -2.26. The van der Waals surface area contributed by atoms with Gasteiger partial charge >= 0.3 is 0 Å². The maximum atomic E-state index is 11.6. The first-order valence-electron chi connectivity index (χ1n) is 6.58. The Bertz CT molecular complexity index is 564. The van der Waals surface area contributed by atoms with Gasteiger partial charge in [0.2, 0.25) is 5.91 Å². The smallest absolute Gasteiger partial charge is 0.226 e. The van der Waals surface area contributed by atoms with Crippen LogP contribution in [0.1, 0.15) is 17.7 Å². The SMILES string of the molecule is Cc1ccc(-c2nc(CC(=O)NCCCO)cs2)cc1. The van der Waals surface area contributed by atoms with Gasteiger partial charge in [0.1, 0.15) is 5.01 Å². The fraction of sp³-hybridized carbons (Fsp3) is 0.333. The number of hydrogen-bond donors (Lipinski definition) is 2. The largest absolute Gasteiger partial charge is 0.396 e. The molecule has 0 aliphatic heterocycles. The van der Waals surface area contributed by atoms with Crippen LogP contribution in [0.25, 0.3) is 10.6 Å². The molecule has 1 amide bonds. The maximum Gasteiger partial charge on any atom is 0.226 e. The van der Waals surface area contributed by atoms with E-state index in [4.69, 9.17) is 5.11 Å². The molecule has 2 rings (SSSR count). The van der Waals surface area contributed by atoms with Crippen LogP contribution in [0.4, 0.5) is 0 Å². The van der Waals surface area contributed by atoms with Crippen LogP contribution in [0.5, 0.6) is 0 Å². The highest BCUT2D eigenvalue weighted by atomic mass is 32.1. The van der Waals surface area contributed by atoms with Crippen molar-refractivity contribution in [2.45, 2.75) is 19.8 Å². The number of carbonyl (C=O) groups excluding carboxylic acids is 1. The van der Waals surface area contributed by atoms with Gasteiger partial charge in [-0.25, -0.2) is 4.98 Å². The molecule has 0 atom stereocenters. The Morgan fingerprint density at radius 1 is 1.35 bits per heavy atom. The molecule has 0 saturated carbocycles. The number of aromatic nitrogens is 1. The minimum Gasteiger partial charge on any atom is -0.396 e. The summed E-state index contributed by atoms with van der Waals surface area (Å²) in [7, 11) is 0. The van der Waals surface area contributed by atoms with E-state index in [2.05, 4.69) is 22.4 Å². The number of thiazole rings is 1. The average Bonchev–Trinajstić information content (AvgIpc) is 2.88. The second-order valence-corrected chi connectivity index (χ2v) is 5.47. The lowest BCUT2D eigenvalue weighted by atomic mass is 10.2. The maximum absolute atomic E-state index is 11.6. The number of aliphatic hydroxyl groups excluding tert-OH is 1. The van der Waals surface area contributed by atoms with Crippen LogP contribution >= 0.6 is 11.3 Å². The normalized spacial score (nSPS) is 10.5. The molecule has 0 spiro atoms. The van der Waals surface area contributed by atoms with Crippen LogP contribution in [-0.4, -0.2) is 29.1 Å². The summed E-state index contributed by atoms with van der Waals surface area (Å²) in [5.41, 5.74) is 3.08. The van der Waals surface area contributed by atoms with E-state index in [0.29, 0.717) is 13.0 Å². The Balaban J connectivity index is 1.95. The van der Waals surface area contributed by atoms with Crippen molar-refractivity contribution in [2.24, 2.45) is 0 Å². The zero-order valence-electron chi connectivity index (χ0n) is 11.4. The van der Waals surface area contributed by atoms with Crippen molar-refractivity contribution in [1.82, 2.24) is 10.3 Å². The third-order valence-electron chi connectivity index (χ3n) is 2.85. The molecule has 1 heterocycles. The lowest BCUT2D eigenvalue weighted by Gasteiger charge is -2.01. The average molecular weight is 290 g/mol. The van der Waals surface area contributed by atoms with E-state index >= 15 is 0 Å². The summed E-state index contributed by atoms with van der Waals surface area (Å²) in [5.74, 6) is -0.0563. The van der Waals surface area contributed by atoms with Gasteiger partial charge in [-0.15, -0.1) is 11.3 Å². The van der Waals surface area contributed by atoms with Crippen molar-refractivity contribution in [3.05, 3.63) is 40.9 Å². The molecule has 0 radical (unpaired) electrons. The molecule has 0 fully saturated rings. The fourth-order valence-corrected chi connectivity index (χ4v) is 2.58. The van der Waals surface area contributed by atoms with Crippen molar-refractivity contribution < 1.29 is 9.90 Å². The minimum atomic E-state index is -0.0563. The third-order valence-corrected chi connectivity index (χ3v) is 3.79. The van der Waals surface area contributed by atoms with Crippen molar-refractivity contribution in [1.29, 1.82) is 0 Å². The van der Waals surface area contributed by atoms with E-state index < -0.39 is 0 Å². The van der Waals surface area contributed by atoms with Gasteiger partial charge in [0.25, 0.3) is 0 Å². The quantitative estimate of drug-likeness (QED) is 0.801. The van der Waals surface area contributed by atoms with E-state index in [0.717, 1.165) is 16.3 Å². The number of aliphatic hydroxyl groups is 1. The first-order chi connectivity index (χ1) is 9.69. The summed E-state index contributed by atoms with van der Waals surface area (Å²) in [5, 5.41) is 14.3. The van der Waals surface area contributed by atoms with Crippen LogP contribution in [0.3, 0.4) is 0 Å². The Morgan fingerprint density at radius 3 is 2.80 bits per heavy atom. The molecule has 20 heavy (non-hydrogen) atoms. The highest BCUT2D eigenvalue weighted by Crippen LogP contribution is 2.24. The molecule has 2 aromatic rings. The van der Waals surface area contributed by atoms with Gasteiger partial charge in [-0.2, -0.15) is 0 Å². The van der Waals surface area contributed by atoms with E-state index in [1.165, 1.54) is 5.56 Å². The molecular formula is C15H18N2O2S. The first kappa shape index (κ1) is 14.7. The molecule has 1 aromatic heterocycles. The van der Waals surface area contributed by atoms with Crippen molar-refractivity contribution in [3.63, 3.8) is 0 Å². The predicted octanol–water partition coefficient (Wildman–Crippen LogP) is 2.16. The second-order valence-electron chi connectivity index (χ2n) is 4.61. The van der Waals surface area contributed by atoms with Crippen LogP contribution in [0, 0.1) is 6.92 Å². The van der Waals surface area contributed by atoms with Gasteiger partial charge in [-0.3, -0.25) is 4.79 Å². The van der Waals surface area contributed by atoms with Gasteiger partial charge in [0.15, 0.2) is 0 Å². The summed E-state index contributed by atoms with van der Waals surface area (Å²) >= 11 is 1.55. The van der Waals surface area contributed by atoms with Crippen LogP contribution < -0.4 is 5.32 Å². The highest BCUT2D eigenvalue weighted by Gasteiger charge is 2.08. The van der Waals surface area contributed by atoms with Crippen LogP contribution in [0.15, 0.2) is 29.6 Å². The third kappa shape index (κ3) is 4.15. The van der Waals surface area contributed by atoms with E-state index in [1.807, 2.05) is 24.4 Å². The van der Waals surface area contributed by atoms with Crippen LogP contribution in [0.2, 0.25) is 0 Å². The molecule has 2 N–H and O–H groups in total. The Hall–Kier alpha value is -1.72. The Kier molecular flexibility index (Phi) is 5.26. The Morgan fingerprint density at radius 2 is 2.10 bits per heavy atom. The number of amides is 1. The molecule has 0 unspecified atom stereocenters. The zero-order valence-corrected chi connectivity index (χ0v) is 12.2. The number of nitrogens with one attached hydrogen (secondary N) is 1. The highest BCUT2D eigenvalue weighted by molar-refractivity contribution is 7.13. The number of carbonyl (C=O) groups is 1. The van der Waals surface area contributed by atoms with Gasteiger partial charge in [0, 0.05) is 24.1 Å². The van der Waals surface area contributed by atoms with Crippen molar-refractivity contribution >= 4 is 17.2 Å². The standard InChI is InChI=1S/C15H18N2O2S/c1-11-3-5-12(6-4-11)15-17-13(10-20-15)9-14(19)16-7-2-8-18/h3-6,10,18H,2,7-9H2,1H3,(H,16,19). The molecule has 1 aromatic carbocycles. The van der Waals surface area contributed by atoms with Gasteiger partial charge in [0.05, 0.1) is 12.1 Å². The Labute approximate surface area is 122 Å². The van der Waals surface area contributed by atoms with Gasteiger partial charge in [-0.1, -0.05) is 29.8 Å².